The predicted molar refractivity (Wildman–Crippen MR) is 139 cm³/mol. The second-order valence-corrected chi connectivity index (χ2v) is 9.53. The van der Waals surface area contributed by atoms with Crippen molar-refractivity contribution in [1.82, 2.24) is 0 Å². The summed E-state index contributed by atoms with van der Waals surface area (Å²) in [5, 5.41) is 13.7. The molecule has 0 atom stereocenters. The van der Waals surface area contributed by atoms with E-state index in [2.05, 4.69) is 5.32 Å². The summed E-state index contributed by atoms with van der Waals surface area (Å²) in [5.41, 5.74) is 2.13. The molecule has 180 valence electrons. The molecule has 0 saturated heterocycles. The van der Waals surface area contributed by atoms with Gasteiger partial charge in [-0.1, -0.05) is 35.3 Å². The highest BCUT2D eigenvalue weighted by Crippen LogP contribution is 2.34. The Bertz CT molecular complexity index is 1340. The summed E-state index contributed by atoms with van der Waals surface area (Å²) in [7, 11) is 0. The van der Waals surface area contributed by atoms with Crippen LogP contribution in [0, 0.1) is 25.2 Å². The van der Waals surface area contributed by atoms with Crippen LogP contribution in [0.2, 0.25) is 10.0 Å². The summed E-state index contributed by atoms with van der Waals surface area (Å²) >= 11 is 13.4. The molecule has 2 aromatic carbocycles. The number of amides is 1. The van der Waals surface area contributed by atoms with E-state index in [1.807, 2.05) is 25.1 Å². The molecular weight excluding hydrogens is 507 g/mol. The molecule has 0 saturated carbocycles. The molecule has 0 fully saturated rings. The number of ether oxygens (including phenoxy) is 2. The van der Waals surface area contributed by atoms with Gasteiger partial charge in [-0.25, -0.2) is 4.79 Å². The molecule has 3 aromatic rings. The van der Waals surface area contributed by atoms with Gasteiger partial charge in [0.1, 0.15) is 29.0 Å². The maximum absolute atomic E-state index is 13.0. The number of thiophene rings is 1. The van der Waals surface area contributed by atoms with E-state index in [9.17, 15) is 14.9 Å². The van der Waals surface area contributed by atoms with Gasteiger partial charge in [0.2, 0.25) is 0 Å². The number of aryl methyl sites for hydroxylation is 1. The molecule has 9 heteroatoms. The van der Waals surface area contributed by atoms with E-state index in [4.69, 9.17) is 32.7 Å². The highest BCUT2D eigenvalue weighted by molar-refractivity contribution is 7.16. The molecule has 1 amide bonds. The lowest BCUT2D eigenvalue weighted by Gasteiger charge is -2.11. The number of nitriles is 1. The molecule has 1 aromatic heterocycles. The van der Waals surface area contributed by atoms with Crippen molar-refractivity contribution in [1.29, 1.82) is 5.26 Å². The number of rotatable bonds is 8. The van der Waals surface area contributed by atoms with Crippen LogP contribution in [0.25, 0.3) is 6.08 Å². The summed E-state index contributed by atoms with van der Waals surface area (Å²) in [6, 6.07) is 14.1. The first kappa shape index (κ1) is 26.3. The monoisotopic (exact) mass is 528 g/mol. The van der Waals surface area contributed by atoms with Gasteiger partial charge in [-0.3, -0.25) is 4.79 Å². The molecule has 0 radical (unpaired) electrons. The molecule has 0 aliphatic rings. The number of anilines is 1. The van der Waals surface area contributed by atoms with Gasteiger partial charge in [-0.15, -0.1) is 11.3 Å². The van der Waals surface area contributed by atoms with Crippen LogP contribution < -0.4 is 10.1 Å². The summed E-state index contributed by atoms with van der Waals surface area (Å²) < 4.78 is 11.0. The maximum atomic E-state index is 13.0. The third-order valence-corrected chi connectivity index (χ3v) is 6.60. The van der Waals surface area contributed by atoms with E-state index in [0.717, 1.165) is 16.0 Å². The molecule has 0 aliphatic carbocycles. The number of nitrogens with one attached hydrogen (secondary N) is 1. The lowest BCUT2D eigenvalue weighted by atomic mass is 10.1. The van der Waals surface area contributed by atoms with Gasteiger partial charge in [0, 0.05) is 20.5 Å². The molecule has 0 aliphatic heterocycles. The Labute approximate surface area is 217 Å². The third-order valence-electron chi connectivity index (χ3n) is 5.01. The van der Waals surface area contributed by atoms with Crippen molar-refractivity contribution in [2.45, 2.75) is 27.4 Å². The van der Waals surface area contributed by atoms with Crippen molar-refractivity contribution in [3.63, 3.8) is 0 Å². The number of nitrogens with zero attached hydrogens (tertiary/aromatic N) is 1. The zero-order valence-electron chi connectivity index (χ0n) is 19.3. The van der Waals surface area contributed by atoms with E-state index in [1.54, 1.807) is 44.2 Å². The fourth-order valence-corrected chi connectivity index (χ4v) is 4.63. The van der Waals surface area contributed by atoms with Crippen LogP contribution in [0.3, 0.4) is 0 Å². The molecule has 35 heavy (non-hydrogen) atoms. The second-order valence-electron chi connectivity index (χ2n) is 7.43. The van der Waals surface area contributed by atoms with E-state index in [-0.39, 0.29) is 24.4 Å². The number of halogens is 2. The van der Waals surface area contributed by atoms with Crippen molar-refractivity contribution in [2.24, 2.45) is 0 Å². The van der Waals surface area contributed by atoms with Crippen LogP contribution in [0.1, 0.15) is 38.8 Å². The molecule has 0 bridgehead atoms. The lowest BCUT2D eigenvalue weighted by Crippen LogP contribution is -2.16. The molecular formula is C26H22Cl2N2O4S. The minimum absolute atomic E-state index is 0.182. The van der Waals surface area contributed by atoms with Gasteiger partial charge in [-0.05, 0) is 68.3 Å². The van der Waals surface area contributed by atoms with Crippen molar-refractivity contribution >= 4 is 57.5 Å². The first-order valence-electron chi connectivity index (χ1n) is 10.6. The zero-order valence-corrected chi connectivity index (χ0v) is 21.6. The quantitative estimate of drug-likeness (QED) is 0.193. The largest absolute Gasteiger partial charge is 0.488 e. The first-order chi connectivity index (χ1) is 16.7. The summed E-state index contributed by atoms with van der Waals surface area (Å²) in [5.74, 6) is -0.760. The minimum Gasteiger partial charge on any atom is -0.488 e. The number of hydrogen-bond donors (Lipinski definition) is 1. The van der Waals surface area contributed by atoms with E-state index < -0.39 is 11.9 Å². The predicted octanol–water partition coefficient (Wildman–Crippen LogP) is 6.97. The average molecular weight is 529 g/mol. The second kappa shape index (κ2) is 11.9. The Hall–Kier alpha value is -3.31. The van der Waals surface area contributed by atoms with Crippen molar-refractivity contribution in [3.05, 3.63) is 85.2 Å². The molecule has 0 unspecified atom stereocenters. The summed E-state index contributed by atoms with van der Waals surface area (Å²) in [4.78, 5) is 26.3. The van der Waals surface area contributed by atoms with Gasteiger partial charge in [0.05, 0.1) is 12.2 Å². The van der Waals surface area contributed by atoms with Crippen molar-refractivity contribution in [2.75, 3.05) is 11.9 Å². The number of esters is 1. The van der Waals surface area contributed by atoms with E-state index in [1.165, 1.54) is 17.4 Å². The molecule has 3 rings (SSSR count). The molecule has 6 nitrogen and oxygen atoms in total. The summed E-state index contributed by atoms with van der Waals surface area (Å²) in [6.45, 7) is 5.77. The van der Waals surface area contributed by atoms with Crippen molar-refractivity contribution < 1.29 is 19.1 Å². The van der Waals surface area contributed by atoms with Crippen molar-refractivity contribution in [3.8, 4) is 11.8 Å². The molecule has 0 spiro atoms. The number of hydrogen-bond acceptors (Lipinski definition) is 6. The van der Waals surface area contributed by atoms with Gasteiger partial charge >= 0.3 is 5.97 Å². The van der Waals surface area contributed by atoms with Gasteiger partial charge in [0.25, 0.3) is 5.91 Å². The Kier molecular flexibility index (Phi) is 8.94. The zero-order chi connectivity index (χ0) is 25.5. The fraction of sp³-hybridized carbons (Fsp3) is 0.192. The van der Waals surface area contributed by atoms with E-state index in [0.29, 0.717) is 26.4 Å². The Morgan fingerprint density at radius 1 is 1.14 bits per heavy atom. The molecule has 1 heterocycles. The van der Waals surface area contributed by atoms with Gasteiger partial charge in [0.15, 0.2) is 0 Å². The molecule has 1 N–H and O–H groups in total. The van der Waals surface area contributed by atoms with Crippen LogP contribution in [0.4, 0.5) is 5.00 Å². The topological polar surface area (TPSA) is 88.4 Å². The first-order valence-corrected chi connectivity index (χ1v) is 12.2. The summed E-state index contributed by atoms with van der Waals surface area (Å²) in [6.07, 6.45) is 1.39. The Morgan fingerprint density at radius 2 is 1.89 bits per heavy atom. The highest BCUT2D eigenvalue weighted by Gasteiger charge is 2.23. The van der Waals surface area contributed by atoms with Gasteiger partial charge < -0.3 is 14.8 Å². The number of carbonyl (C=O) groups excluding carboxylic acids is 2. The lowest BCUT2D eigenvalue weighted by molar-refractivity contribution is -0.112. The highest BCUT2D eigenvalue weighted by atomic mass is 35.5. The Morgan fingerprint density at radius 3 is 2.57 bits per heavy atom. The number of carbonyl (C=O) groups is 2. The van der Waals surface area contributed by atoms with Crippen LogP contribution in [0.15, 0.2) is 48.0 Å². The normalized spacial score (nSPS) is 11.0. The smallest absolute Gasteiger partial charge is 0.341 e. The van der Waals surface area contributed by atoms with Crippen LogP contribution in [0.5, 0.6) is 5.75 Å². The van der Waals surface area contributed by atoms with Crippen LogP contribution >= 0.6 is 34.5 Å². The minimum atomic E-state index is -0.667. The fourth-order valence-electron chi connectivity index (χ4n) is 3.19. The van der Waals surface area contributed by atoms with E-state index >= 15 is 0 Å². The Balaban J connectivity index is 1.88. The SMILES string of the molecule is CCOC(=O)c1c(NC(=O)C(C#N)=Cc2cc(Cl)ccc2OCc2cccc(Cl)c2)sc(C)c1C. The maximum Gasteiger partial charge on any atom is 0.341 e. The van der Waals surface area contributed by atoms with Crippen LogP contribution in [-0.4, -0.2) is 18.5 Å². The van der Waals surface area contributed by atoms with Crippen LogP contribution in [-0.2, 0) is 16.1 Å². The van der Waals surface area contributed by atoms with Gasteiger partial charge in [-0.2, -0.15) is 5.26 Å². The third kappa shape index (κ3) is 6.64. The average Bonchev–Trinajstić information content (AvgIpc) is 3.09. The number of benzene rings is 2. The standard InChI is InChI=1S/C26H22Cl2N2O4S/c1-4-33-26(32)23-15(2)16(3)35-25(23)30-24(31)19(13-29)11-18-12-21(28)8-9-22(18)34-14-17-6-5-7-20(27)10-17/h5-12H,4,14H2,1-3H3,(H,30,31).